The first-order valence-corrected chi connectivity index (χ1v) is 26.3. The zero-order chi connectivity index (χ0) is 43.0. The average Bonchev–Trinajstić information content (AvgIpc) is 3.23. The molecule has 0 saturated heterocycles. The van der Waals surface area contributed by atoms with Crippen LogP contribution >= 0.6 is 0 Å². The van der Waals surface area contributed by atoms with Crippen molar-refractivity contribution in [3.8, 4) is 0 Å². The number of allylic oxidation sites excluding steroid dienone is 5. The van der Waals surface area contributed by atoms with Gasteiger partial charge in [0.1, 0.15) is 0 Å². The second-order valence-electron chi connectivity index (χ2n) is 18.1. The van der Waals surface area contributed by atoms with Crippen LogP contribution in [0.1, 0.15) is 277 Å². The van der Waals surface area contributed by atoms with Crippen LogP contribution in [0.4, 0.5) is 0 Å². The van der Waals surface area contributed by atoms with Gasteiger partial charge < -0.3 is 20.6 Å². The summed E-state index contributed by atoms with van der Waals surface area (Å²) in [6.07, 6.45) is 63.5. The molecular formula is C54H103NO4. The van der Waals surface area contributed by atoms with Crippen LogP contribution in [0.15, 0.2) is 36.5 Å². The molecule has 0 radical (unpaired) electrons. The summed E-state index contributed by atoms with van der Waals surface area (Å²) in [7, 11) is 0. The monoisotopic (exact) mass is 830 g/mol. The number of rotatable bonds is 48. The first-order chi connectivity index (χ1) is 29.0. The fourth-order valence-corrected chi connectivity index (χ4v) is 8.15. The van der Waals surface area contributed by atoms with E-state index in [1.54, 1.807) is 6.08 Å². The van der Waals surface area contributed by atoms with Crippen LogP contribution in [-0.2, 0) is 4.79 Å². The highest BCUT2D eigenvalue weighted by Gasteiger charge is 2.20. The molecule has 0 aliphatic rings. The fourth-order valence-electron chi connectivity index (χ4n) is 8.15. The van der Waals surface area contributed by atoms with E-state index in [1.807, 2.05) is 6.08 Å². The SMILES string of the molecule is CCC/C=C/CC/C=C/CC/C=C/C(O)C(CO)NC(=O)CC(O)CCCCCCCCCCCCCCCCCCCCCCCCCCCCCCCCCCC. The van der Waals surface area contributed by atoms with Gasteiger partial charge >= 0.3 is 0 Å². The predicted molar refractivity (Wildman–Crippen MR) is 259 cm³/mol. The average molecular weight is 830 g/mol. The van der Waals surface area contributed by atoms with E-state index in [0.29, 0.717) is 6.42 Å². The van der Waals surface area contributed by atoms with Crippen LogP contribution in [0.25, 0.3) is 0 Å². The molecule has 0 saturated carbocycles. The van der Waals surface area contributed by atoms with Crippen molar-refractivity contribution in [3.05, 3.63) is 36.5 Å². The molecule has 0 aromatic carbocycles. The standard InChI is InChI=1S/C54H103NO4/c1-3-5-7-9-11-13-15-16-17-18-19-20-21-22-23-24-25-26-27-28-29-30-31-32-33-34-35-36-38-39-41-43-45-47-51(57)49-54(59)55-52(50-56)53(58)48-46-44-42-40-37-14-12-10-8-6-4-2/h8,10,37,40,46,48,51-53,56-58H,3-7,9,11-36,38-39,41-45,47,49-50H2,1-2H3,(H,55,59)/b10-8+,40-37+,48-46+. The Labute approximate surface area is 368 Å². The molecule has 0 aliphatic carbocycles. The lowest BCUT2D eigenvalue weighted by Gasteiger charge is -2.21. The maximum atomic E-state index is 12.4. The number of unbranched alkanes of at least 4 members (excludes halogenated alkanes) is 35. The van der Waals surface area contributed by atoms with Crippen LogP contribution in [-0.4, -0.2) is 46.1 Å². The number of hydrogen-bond acceptors (Lipinski definition) is 4. The number of aliphatic hydroxyl groups is 3. The van der Waals surface area contributed by atoms with Gasteiger partial charge in [-0.25, -0.2) is 0 Å². The summed E-state index contributed by atoms with van der Waals surface area (Å²) in [6.45, 7) is 4.14. The molecule has 0 spiro atoms. The fraction of sp³-hybridized carbons (Fsp3) is 0.870. The van der Waals surface area contributed by atoms with Gasteiger partial charge in [0, 0.05) is 0 Å². The van der Waals surface area contributed by atoms with Gasteiger partial charge in [-0.1, -0.05) is 269 Å². The third kappa shape index (κ3) is 45.9. The molecule has 0 aromatic heterocycles. The summed E-state index contributed by atoms with van der Waals surface area (Å²) in [4.78, 5) is 12.4. The van der Waals surface area contributed by atoms with Crippen molar-refractivity contribution in [1.82, 2.24) is 5.32 Å². The Morgan fingerprint density at radius 1 is 0.424 bits per heavy atom. The van der Waals surface area contributed by atoms with Crippen molar-refractivity contribution < 1.29 is 20.1 Å². The smallest absolute Gasteiger partial charge is 0.222 e. The molecule has 0 heterocycles. The summed E-state index contributed by atoms with van der Waals surface area (Å²) < 4.78 is 0. The molecule has 3 unspecified atom stereocenters. The topological polar surface area (TPSA) is 89.8 Å². The Morgan fingerprint density at radius 2 is 0.729 bits per heavy atom. The second kappa shape index (κ2) is 49.2. The summed E-state index contributed by atoms with van der Waals surface area (Å²) >= 11 is 0. The zero-order valence-electron chi connectivity index (χ0n) is 39.6. The Morgan fingerprint density at radius 3 is 1.05 bits per heavy atom. The largest absolute Gasteiger partial charge is 0.394 e. The van der Waals surface area contributed by atoms with Gasteiger partial charge in [0.2, 0.25) is 5.91 Å². The minimum atomic E-state index is -0.957. The van der Waals surface area contributed by atoms with Gasteiger partial charge in [0.25, 0.3) is 0 Å². The molecule has 5 heteroatoms. The van der Waals surface area contributed by atoms with Crippen molar-refractivity contribution in [2.24, 2.45) is 0 Å². The molecule has 1 amide bonds. The van der Waals surface area contributed by atoms with Crippen molar-refractivity contribution in [2.75, 3.05) is 6.61 Å². The highest BCUT2D eigenvalue weighted by Crippen LogP contribution is 2.17. The van der Waals surface area contributed by atoms with Crippen molar-refractivity contribution >= 4 is 5.91 Å². The van der Waals surface area contributed by atoms with Crippen LogP contribution in [0.5, 0.6) is 0 Å². The van der Waals surface area contributed by atoms with E-state index in [9.17, 15) is 20.1 Å². The van der Waals surface area contributed by atoms with E-state index >= 15 is 0 Å². The van der Waals surface area contributed by atoms with Crippen LogP contribution in [0, 0.1) is 0 Å². The van der Waals surface area contributed by atoms with Gasteiger partial charge in [-0.15, -0.1) is 0 Å². The predicted octanol–water partition coefficient (Wildman–Crippen LogP) is 15.9. The lowest BCUT2D eigenvalue weighted by atomic mass is 10.0. The Hall–Kier alpha value is -1.43. The number of amides is 1. The van der Waals surface area contributed by atoms with E-state index in [-0.39, 0.29) is 18.9 Å². The molecule has 0 bridgehead atoms. The first-order valence-electron chi connectivity index (χ1n) is 26.3. The molecular weight excluding hydrogens is 727 g/mol. The number of hydrogen-bond donors (Lipinski definition) is 4. The third-order valence-corrected chi connectivity index (χ3v) is 12.1. The summed E-state index contributed by atoms with van der Waals surface area (Å²) in [5.74, 6) is -0.328. The van der Waals surface area contributed by atoms with E-state index in [0.717, 1.165) is 44.9 Å². The number of carbonyl (C=O) groups is 1. The number of aliphatic hydroxyl groups excluding tert-OH is 3. The van der Waals surface area contributed by atoms with E-state index in [2.05, 4.69) is 43.5 Å². The molecule has 0 rings (SSSR count). The van der Waals surface area contributed by atoms with Gasteiger partial charge in [0.15, 0.2) is 0 Å². The quantitative estimate of drug-likeness (QED) is 0.0363. The van der Waals surface area contributed by atoms with Gasteiger partial charge in [-0.05, 0) is 38.5 Å². The summed E-state index contributed by atoms with van der Waals surface area (Å²) in [5.41, 5.74) is 0. The highest BCUT2D eigenvalue weighted by molar-refractivity contribution is 5.76. The molecule has 0 aromatic rings. The summed E-state index contributed by atoms with van der Waals surface area (Å²) in [6, 6.07) is -0.764. The van der Waals surface area contributed by atoms with Gasteiger partial charge in [-0.3, -0.25) is 4.79 Å². The minimum absolute atomic E-state index is 0.00495. The normalized spacial score (nSPS) is 13.6. The lowest BCUT2D eigenvalue weighted by molar-refractivity contribution is -0.124. The van der Waals surface area contributed by atoms with E-state index in [4.69, 9.17) is 0 Å². The Bertz CT molecular complexity index is 916. The highest BCUT2D eigenvalue weighted by atomic mass is 16.3. The zero-order valence-corrected chi connectivity index (χ0v) is 39.6. The molecule has 3 atom stereocenters. The van der Waals surface area contributed by atoms with Gasteiger partial charge in [-0.2, -0.15) is 0 Å². The molecule has 59 heavy (non-hydrogen) atoms. The number of nitrogens with one attached hydrogen (secondary N) is 1. The molecule has 0 fully saturated rings. The van der Waals surface area contributed by atoms with Crippen molar-refractivity contribution in [3.63, 3.8) is 0 Å². The maximum absolute atomic E-state index is 12.4. The summed E-state index contributed by atoms with van der Waals surface area (Å²) in [5, 5.41) is 33.2. The van der Waals surface area contributed by atoms with Crippen LogP contribution in [0.3, 0.4) is 0 Å². The molecule has 0 aliphatic heterocycles. The van der Waals surface area contributed by atoms with Crippen molar-refractivity contribution in [2.45, 2.75) is 295 Å². The second-order valence-corrected chi connectivity index (χ2v) is 18.1. The van der Waals surface area contributed by atoms with Gasteiger partial charge in [0.05, 0.1) is 31.3 Å². The van der Waals surface area contributed by atoms with Crippen molar-refractivity contribution in [1.29, 1.82) is 0 Å². The number of carbonyl (C=O) groups excluding carboxylic acids is 1. The molecule has 5 nitrogen and oxygen atoms in total. The van der Waals surface area contributed by atoms with E-state index < -0.39 is 18.2 Å². The minimum Gasteiger partial charge on any atom is -0.394 e. The molecule has 348 valence electrons. The molecule has 4 N–H and O–H groups in total. The Balaban J connectivity index is 3.46. The lowest BCUT2D eigenvalue weighted by Crippen LogP contribution is -2.45. The van der Waals surface area contributed by atoms with E-state index in [1.165, 1.54) is 205 Å². The van der Waals surface area contributed by atoms with Crippen LogP contribution < -0.4 is 5.32 Å². The first kappa shape index (κ1) is 57.6. The third-order valence-electron chi connectivity index (χ3n) is 12.1. The van der Waals surface area contributed by atoms with Crippen LogP contribution in [0.2, 0.25) is 0 Å². The maximum Gasteiger partial charge on any atom is 0.222 e. The Kier molecular flexibility index (Phi) is 48.0.